The van der Waals surface area contributed by atoms with Gasteiger partial charge in [-0.1, -0.05) is 0 Å². The van der Waals surface area contributed by atoms with Crippen molar-refractivity contribution in [2.24, 2.45) is 0 Å². The van der Waals surface area contributed by atoms with E-state index in [1.54, 1.807) is 23.8 Å². The van der Waals surface area contributed by atoms with Gasteiger partial charge in [0, 0.05) is 28.4 Å². The van der Waals surface area contributed by atoms with Gasteiger partial charge < -0.3 is 5.11 Å². The molecule has 0 bridgehead atoms. The zero-order valence-electron chi connectivity index (χ0n) is 9.89. The summed E-state index contributed by atoms with van der Waals surface area (Å²) < 4.78 is 2.28. The summed E-state index contributed by atoms with van der Waals surface area (Å²) in [6.07, 6.45) is 4.68. The maximum Gasteiger partial charge on any atom is 0.339 e. The Kier molecular flexibility index (Phi) is 3.33. The third-order valence-electron chi connectivity index (χ3n) is 2.53. The number of hydrogen-bond acceptors (Lipinski definition) is 5. The van der Waals surface area contributed by atoms with E-state index in [-0.39, 0.29) is 5.56 Å². The van der Waals surface area contributed by atoms with Gasteiger partial charge in [-0.15, -0.1) is 11.3 Å². The fraction of sp³-hybridized carbons (Fsp3) is 0. The van der Waals surface area contributed by atoms with Gasteiger partial charge in [0.25, 0.3) is 0 Å². The molecule has 100 valence electrons. The average Bonchev–Trinajstić information content (AvgIpc) is 3.08. The van der Waals surface area contributed by atoms with E-state index >= 15 is 0 Å². The number of carboxylic acids is 1. The smallest absolute Gasteiger partial charge is 0.339 e. The number of rotatable bonds is 3. The first kappa shape index (κ1) is 12.9. The van der Waals surface area contributed by atoms with Gasteiger partial charge in [-0.2, -0.15) is 5.10 Å². The lowest BCUT2D eigenvalue weighted by Gasteiger charge is -1.99. The first-order valence-electron chi connectivity index (χ1n) is 5.50. The van der Waals surface area contributed by atoms with E-state index in [9.17, 15) is 9.90 Å². The number of halogens is 1. The zero-order chi connectivity index (χ0) is 14.1. The highest BCUT2D eigenvalue weighted by molar-refractivity contribution is 9.10. The molecule has 0 aliphatic rings. The molecule has 8 heteroatoms. The van der Waals surface area contributed by atoms with Crippen LogP contribution in [0.4, 0.5) is 0 Å². The number of aromatic carboxylic acids is 1. The van der Waals surface area contributed by atoms with Crippen LogP contribution in [0.5, 0.6) is 0 Å². The Morgan fingerprint density at radius 2 is 2.20 bits per heavy atom. The first-order valence-corrected chi connectivity index (χ1v) is 7.17. The van der Waals surface area contributed by atoms with Gasteiger partial charge in [-0.05, 0) is 28.1 Å². The lowest BCUT2D eigenvalue weighted by Crippen LogP contribution is -1.97. The quantitative estimate of drug-likeness (QED) is 0.785. The number of carboxylic acid groups (broad SMARTS) is 1. The van der Waals surface area contributed by atoms with Crippen LogP contribution >= 0.6 is 27.3 Å². The minimum atomic E-state index is -1.04. The van der Waals surface area contributed by atoms with Gasteiger partial charge in [-0.25, -0.2) is 19.4 Å². The molecule has 3 rings (SSSR count). The van der Waals surface area contributed by atoms with E-state index < -0.39 is 5.97 Å². The Morgan fingerprint density at radius 1 is 1.35 bits per heavy atom. The van der Waals surface area contributed by atoms with Crippen molar-refractivity contribution in [1.82, 2.24) is 19.7 Å². The third kappa shape index (κ3) is 2.35. The Balaban J connectivity index is 2.12. The van der Waals surface area contributed by atoms with Gasteiger partial charge in [0.1, 0.15) is 16.3 Å². The van der Waals surface area contributed by atoms with Crippen LogP contribution in [0.1, 0.15) is 10.4 Å². The molecule has 0 saturated carbocycles. The van der Waals surface area contributed by atoms with E-state index in [2.05, 4.69) is 31.0 Å². The van der Waals surface area contributed by atoms with Crippen molar-refractivity contribution in [1.29, 1.82) is 0 Å². The molecule has 0 fully saturated rings. The number of hydrogen-bond donors (Lipinski definition) is 1. The van der Waals surface area contributed by atoms with Crippen molar-refractivity contribution in [2.45, 2.75) is 0 Å². The van der Waals surface area contributed by atoms with Crippen LogP contribution in [0, 0.1) is 0 Å². The monoisotopic (exact) mass is 350 g/mol. The van der Waals surface area contributed by atoms with Crippen LogP contribution in [0.3, 0.4) is 0 Å². The number of pyridine rings is 1. The molecule has 0 saturated heterocycles. The number of carbonyl (C=O) groups is 1. The number of aromatic nitrogens is 4. The fourth-order valence-electron chi connectivity index (χ4n) is 1.65. The largest absolute Gasteiger partial charge is 0.478 e. The molecule has 0 amide bonds. The predicted molar refractivity (Wildman–Crippen MR) is 77.1 cm³/mol. The molecule has 3 aromatic heterocycles. The van der Waals surface area contributed by atoms with Crippen molar-refractivity contribution < 1.29 is 9.90 Å². The summed E-state index contributed by atoms with van der Waals surface area (Å²) >= 11 is 4.64. The maximum atomic E-state index is 11.3. The highest BCUT2D eigenvalue weighted by Gasteiger charge is 2.19. The molecule has 3 heterocycles. The second kappa shape index (κ2) is 5.14. The van der Waals surface area contributed by atoms with Gasteiger partial charge >= 0.3 is 5.97 Å². The molecule has 0 aliphatic carbocycles. The molecule has 0 radical (unpaired) electrons. The van der Waals surface area contributed by atoms with Gasteiger partial charge in [-0.3, -0.25) is 0 Å². The van der Waals surface area contributed by atoms with E-state index in [1.165, 1.54) is 22.2 Å². The standard InChI is InChI=1S/C12H7BrN4O2S/c13-7-1-2-9(15-5-7)17-6-8(12(18)19)10(16-17)11-14-3-4-20-11/h1-6H,(H,18,19). The normalized spacial score (nSPS) is 10.7. The molecular formula is C12H7BrN4O2S. The number of thiazole rings is 1. The van der Waals surface area contributed by atoms with Crippen LogP contribution in [0.25, 0.3) is 16.5 Å². The van der Waals surface area contributed by atoms with Crippen LogP contribution in [0.2, 0.25) is 0 Å². The molecule has 0 aromatic carbocycles. The summed E-state index contributed by atoms with van der Waals surface area (Å²) in [5.41, 5.74) is 0.446. The summed E-state index contributed by atoms with van der Waals surface area (Å²) in [6, 6.07) is 3.56. The van der Waals surface area contributed by atoms with Gasteiger partial charge in [0.15, 0.2) is 5.82 Å². The summed E-state index contributed by atoms with van der Waals surface area (Å²) in [6.45, 7) is 0. The summed E-state index contributed by atoms with van der Waals surface area (Å²) in [4.78, 5) is 19.6. The molecule has 0 atom stereocenters. The molecule has 0 aliphatic heterocycles. The molecule has 0 unspecified atom stereocenters. The van der Waals surface area contributed by atoms with E-state index in [0.29, 0.717) is 16.5 Å². The Hall–Kier alpha value is -2.06. The van der Waals surface area contributed by atoms with Crippen LogP contribution < -0.4 is 0 Å². The molecule has 20 heavy (non-hydrogen) atoms. The SMILES string of the molecule is O=C(O)c1cn(-c2ccc(Br)cn2)nc1-c1nccs1. The lowest BCUT2D eigenvalue weighted by molar-refractivity contribution is 0.0697. The van der Waals surface area contributed by atoms with E-state index in [1.807, 2.05) is 6.07 Å². The van der Waals surface area contributed by atoms with Crippen LogP contribution in [-0.2, 0) is 0 Å². The highest BCUT2D eigenvalue weighted by atomic mass is 79.9. The molecule has 6 nitrogen and oxygen atoms in total. The average molecular weight is 351 g/mol. The topological polar surface area (TPSA) is 80.9 Å². The zero-order valence-corrected chi connectivity index (χ0v) is 12.3. The summed E-state index contributed by atoms with van der Waals surface area (Å²) in [5, 5.41) is 15.9. The number of nitrogens with zero attached hydrogens (tertiary/aromatic N) is 4. The first-order chi connectivity index (χ1) is 9.65. The summed E-state index contributed by atoms with van der Waals surface area (Å²) in [5.74, 6) is -0.503. The minimum Gasteiger partial charge on any atom is -0.478 e. The third-order valence-corrected chi connectivity index (χ3v) is 3.77. The maximum absolute atomic E-state index is 11.3. The Morgan fingerprint density at radius 3 is 2.80 bits per heavy atom. The van der Waals surface area contributed by atoms with Crippen LogP contribution in [-0.4, -0.2) is 30.8 Å². The second-order valence-corrected chi connectivity index (χ2v) is 5.62. The molecule has 0 spiro atoms. The molecular weight excluding hydrogens is 344 g/mol. The summed E-state index contributed by atoms with van der Waals surface area (Å²) in [7, 11) is 0. The second-order valence-electron chi connectivity index (χ2n) is 3.81. The van der Waals surface area contributed by atoms with E-state index in [0.717, 1.165) is 4.47 Å². The van der Waals surface area contributed by atoms with Gasteiger partial charge in [0.2, 0.25) is 0 Å². The van der Waals surface area contributed by atoms with Crippen molar-refractivity contribution in [2.75, 3.05) is 0 Å². The highest BCUT2D eigenvalue weighted by Crippen LogP contribution is 2.25. The minimum absolute atomic E-state index is 0.102. The lowest BCUT2D eigenvalue weighted by atomic mass is 10.2. The van der Waals surface area contributed by atoms with Crippen LogP contribution in [0.15, 0.2) is 40.6 Å². The van der Waals surface area contributed by atoms with Crippen molar-refractivity contribution in [3.05, 3.63) is 46.1 Å². The predicted octanol–water partition coefficient (Wildman–Crippen LogP) is 2.85. The van der Waals surface area contributed by atoms with Crippen molar-refractivity contribution >= 4 is 33.2 Å². The van der Waals surface area contributed by atoms with Crippen molar-refractivity contribution in [3.63, 3.8) is 0 Å². The van der Waals surface area contributed by atoms with E-state index in [4.69, 9.17) is 0 Å². The Labute approximate surface area is 125 Å². The van der Waals surface area contributed by atoms with Crippen molar-refractivity contribution in [3.8, 4) is 16.5 Å². The van der Waals surface area contributed by atoms with Gasteiger partial charge in [0.05, 0.1) is 0 Å². The molecule has 1 N–H and O–H groups in total. The Bertz CT molecular complexity index is 752. The molecule has 3 aromatic rings. The fourth-order valence-corrected chi connectivity index (χ4v) is 2.52.